The third kappa shape index (κ3) is 6.71. The number of aromatic carboxylic acids is 1. The van der Waals surface area contributed by atoms with E-state index in [4.69, 9.17) is 4.74 Å². The number of carboxylic acids is 1. The highest BCUT2D eigenvalue weighted by Crippen LogP contribution is 2.25. The van der Waals surface area contributed by atoms with Crippen LogP contribution < -0.4 is 20.3 Å². The van der Waals surface area contributed by atoms with Gasteiger partial charge >= 0.3 is 5.97 Å². The SMILES string of the molecule is COc1ccc(C(=O)Nc2ccc(N3CCN(CC(=O)NCC(C)C)CC3)cc2C(=O)O)cc1. The molecule has 1 aliphatic rings. The number of ether oxygens (including phenoxy) is 1. The monoisotopic (exact) mass is 468 g/mol. The van der Waals surface area contributed by atoms with Crippen LogP contribution in [0.1, 0.15) is 34.6 Å². The molecule has 1 fully saturated rings. The van der Waals surface area contributed by atoms with Crippen molar-refractivity contribution in [1.29, 1.82) is 0 Å². The highest BCUT2D eigenvalue weighted by molar-refractivity contribution is 6.08. The van der Waals surface area contributed by atoms with Gasteiger partial charge in [-0.15, -0.1) is 0 Å². The van der Waals surface area contributed by atoms with E-state index in [2.05, 4.69) is 34.3 Å². The predicted molar refractivity (Wildman–Crippen MR) is 131 cm³/mol. The number of anilines is 2. The molecule has 2 amide bonds. The maximum Gasteiger partial charge on any atom is 0.337 e. The number of carbonyl (C=O) groups is 3. The fraction of sp³-hybridized carbons (Fsp3) is 0.400. The van der Waals surface area contributed by atoms with Crippen LogP contribution in [-0.2, 0) is 4.79 Å². The Kier molecular flexibility index (Phi) is 8.48. The zero-order valence-corrected chi connectivity index (χ0v) is 19.8. The van der Waals surface area contributed by atoms with Crippen LogP contribution in [0.4, 0.5) is 11.4 Å². The molecule has 2 aromatic carbocycles. The predicted octanol–water partition coefficient (Wildman–Crippen LogP) is 2.54. The summed E-state index contributed by atoms with van der Waals surface area (Å²) in [7, 11) is 1.54. The van der Waals surface area contributed by atoms with E-state index in [1.54, 1.807) is 49.6 Å². The van der Waals surface area contributed by atoms with Crippen LogP contribution in [0.5, 0.6) is 5.75 Å². The van der Waals surface area contributed by atoms with Crippen molar-refractivity contribution < 1.29 is 24.2 Å². The van der Waals surface area contributed by atoms with Gasteiger partial charge in [-0.05, 0) is 48.4 Å². The number of amides is 2. The molecule has 0 radical (unpaired) electrons. The van der Waals surface area contributed by atoms with Crippen LogP contribution in [-0.4, -0.2) is 74.2 Å². The minimum Gasteiger partial charge on any atom is -0.497 e. The molecule has 1 aliphatic heterocycles. The highest BCUT2D eigenvalue weighted by atomic mass is 16.5. The van der Waals surface area contributed by atoms with E-state index in [-0.39, 0.29) is 17.2 Å². The fourth-order valence-corrected chi connectivity index (χ4v) is 3.69. The number of carboxylic acid groups (broad SMARTS) is 1. The largest absolute Gasteiger partial charge is 0.497 e. The molecule has 3 N–H and O–H groups in total. The number of piperazine rings is 1. The van der Waals surface area contributed by atoms with Crippen LogP contribution in [0.3, 0.4) is 0 Å². The Labute approximate surface area is 199 Å². The molecule has 1 heterocycles. The number of hydrogen-bond acceptors (Lipinski definition) is 6. The van der Waals surface area contributed by atoms with E-state index in [9.17, 15) is 19.5 Å². The van der Waals surface area contributed by atoms with Crippen molar-refractivity contribution in [1.82, 2.24) is 10.2 Å². The second-order valence-electron chi connectivity index (χ2n) is 8.68. The van der Waals surface area contributed by atoms with Crippen molar-refractivity contribution in [3.05, 3.63) is 53.6 Å². The van der Waals surface area contributed by atoms with Gasteiger partial charge in [0.05, 0.1) is 24.9 Å². The molecule has 0 bridgehead atoms. The van der Waals surface area contributed by atoms with Crippen molar-refractivity contribution in [3.63, 3.8) is 0 Å². The molecule has 0 aromatic heterocycles. The van der Waals surface area contributed by atoms with Crippen molar-refractivity contribution in [2.75, 3.05) is 56.6 Å². The van der Waals surface area contributed by atoms with Gasteiger partial charge in [-0.3, -0.25) is 14.5 Å². The van der Waals surface area contributed by atoms with E-state index in [0.29, 0.717) is 56.5 Å². The lowest BCUT2D eigenvalue weighted by molar-refractivity contribution is -0.122. The smallest absolute Gasteiger partial charge is 0.337 e. The van der Waals surface area contributed by atoms with Gasteiger partial charge in [0.2, 0.25) is 5.91 Å². The lowest BCUT2D eigenvalue weighted by Gasteiger charge is -2.36. The second-order valence-corrected chi connectivity index (χ2v) is 8.68. The standard InChI is InChI=1S/C25H32N4O5/c1-17(2)15-26-23(30)16-28-10-12-29(13-11-28)19-6-9-22(21(14-19)25(32)33)27-24(31)18-4-7-20(34-3)8-5-18/h4-9,14,17H,10-13,15-16H2,1-3H3,(H,26,30)(H,27,31)(H,32,33). The zero-order valence-electron chi connectivity index (χ0n) is 19.8. The first-order valence-corrected chi connectivity index (χ1v) is 11.3. The van der Waals surface area contributed by atoms with Crippen LogP contribution in [0.25, 0.3) is 0 Å². The third-order valence-electron chi connectivity index (χ3n) is 5.65. The third-order valence-corrected chi connectivity index (χ3v) is 5.65. The molecule has 0 spiro atoms. The number of benzene rings is 2. The maximum atomic E-state index is 12.6. The highest BCUT2D eigenvalue weighted by Gasteiger charge is 2.21. The molecule has 3 rings (SSSR count). The van der Waals surface area contributed by atoms with Crippen molar-refractivity contribution in [2.45, 2.75) is 13.8 Å². The van der Waals surface area contributed by atoms with Crippen molar-refractivity contribution >= 4 is 29.2 Å². The van der Waals surface area contributed by atoms with E-state index in [0.717, 1.165) is 5.69 Å². The maximum absolute atomic E-state index is 12.6. The minimum atomic E-state index is -1.12. The molecule has 1 saturated heterocycles. The van der Waals surface area contributed by atoms with E-state index >= 15 is 0 Å². The van der Waals surface area contributed by atoms with Gasteiger partial charge in [0.25, 0.3) is 5.91 Å². The van der Waals surface area contributed by atoms with Gasteiger partial charge in [0, 0.05) is 44.0 Å². The van der Waals surface area contributed by atoms with Gasteiger partial charge in [0.15, 0.2) is 0 Å². The van der Waals surface area contributed by atoms with Crippen molar-refractivity contribution in [2.24, 2.45) is 5.92 Å². The Morgan fingerprint density at radius 3 is 2.29 bits per heavy atom. The number of rotatable bonds is 9. The summed E-state index contributed by atoms with van der Waals surface area (Å²) < 4.78 is 5.10. The van der Waals surface area contributed by atoms with E-state index in [1.807, 2.05) is 0 Å². The number of nitrogens with one attached hydrogen (secondary N) is 2. The summed E-state index contributed by atoms with van der Waals surface area (Å²) in [5.41, 5.74) is 1.42. The Hall–Kier alpha value is -3.59. The fourth-order valence-electron chi connectivity index (χ4n) is 3.69. The van der Waals surface area contributed by atoms with Gasteiger partial charge in [-0.2, -0.15) is 0 Å². The molecular formula is C25H32N4O5. The summed E-state index contributed by atoms with van der Waals surface area (Å²) in [5.74, 6) is -0.460. The first-order chi connectivity index (χ1) is 16.3. The van der Waals surface area contributed by atoms with Gasteiger partial charge in [0.1, 0.15) is 5.75 Å². The summed E-state index contributed by atoms with van der Waals surface area (Å²) in [5, 5.41) is 15.4. The molecule has 34 heavy (non-hydrogen) atoms. The lowest BCUT2D eigenvalue weighted by atomic mass is 10.1. The number of carbonyl (C=O) groups excluding carboxylic acids is 2. The van der Waals surface area contributed by atoms with Gasteiger partial charge in [-0.25, -0.2) is 4.79 Å². The molecular weight excluding hydrogens is 436 g/mol. The summed E-state index contributed by atoms with van der Waals surface area (Å²) in [6, 6.07) is 11.6. The average molecular weight is 469 g/mol. The summed E-state index contributed by atoms with van der Waals surface area (Å²) in [6.45, 7) is 7.89. The van der Waals surface area contributed by atoms with E-state index in [1.165, 1.54) is 0 Å². The minimum absolute atomic E-state index is 0.0206. The average Bonchev–Trinajstić information content (AvgIpc) is 2.83. The Balaban J connectivity index is 1.62. The number of hydrogen-bond donors (Lipinski definition) is 3. The Bertz CT molecular complexity index is 1010. The first-order valence-electron chi connectivity index (χ1n) is 11.3. The Morgan fingerprint density at radius 1 is 1.03 bits per heavy atom. The summed E-state index contributed by atoms with van der Waals surface area (Å²) >= 11 is 0. The van der Waals surface area contributed by atoms with Crippen LogP contribution >= 0.6 is 0 Å². The van der Waals surface area contributed by atoms with Crippen LogP contribution in [0, 0.1) is 5.92 Å². The number of methoxy groups -OCH3 is 1. The molecule has 9 nitrogen and oxygen atoms in total. The zero-order chi connectivity index (χ0) is 24.7. The van der Waals surface area contributed by atoms with Gasteiger partial charge in [-0.1, -0.05) is 13.8 Å². The molecule has 0 unspecified atom stereocenters. The van der Waals surface area contributed by atoms with Gasteiger partial charge < -0.3 is 25.4 Å². The first kappa shape index (κ1) is 25.0. The molecule has 0 saturated carbocycles. The van der Waals surface area contributed by atoms with Crippen molar-refractivity contribution in [3.8, 4) is 5.75 Å². The second kappa shape index (κ2) is 11.5. The van der Waals surface area contributed by atoms with E-state index < -0.39 is 11.9 Å². The Morgan fingerprint density at radius 2 is 1.71 bits per heavy atom. The lowest BCUT2D eigenvalue weighted by Crippen LogP contribution is -2.49. The molecule has 2 aromatic rings. The molecule has 0 atom stereocenters. The molecule has 182 valence electrons. The quantitative estimate of drug-likeness (QED) is 0.519. The summed E-state index contributed by atoms with van der Waals surface area (Å²) in [6.07, 6.45) is 0. The topological polar surface area (TPSA) is 111 Å². The van der Waals surface area contributed by atoms with Crippen LogP contribution in [0.2, 0.25) is 0 Å². The molecule has 9 heteroatoms. The summed E-state index contributed by atoms with van der Waals surface area (Å²) in [4.78, 5) is 40.7. The molecule has 0 aliphatic carbocycles. The van der Waals surface area contributed by atoms with Crippen LogP contribution in [0.15, 0.2) is 42.5 Å². The number of nitrogens with zero attached hydrogens (tertiary/aromatic N) is 2. The normalized spacial score (nSPS) is 14.1.